The van der Waals surface area contributed by atoms with Crippen molar-refractivity contribution in [1.29, 1.82) is 0 Å². The molecule has 1 aromatic carbocycles. The van der Waals surface area contributed by atoms with E-state index >= 15 is 0 Å². The van der Waals surface area contributed by atoms with Crippen molar-refractivity contribution in [3.63, 3.8) is 0 Å². The molecule has 27 heavy (non-hydrogen) atoms. The Morgan fingerprint density at radius 2 is 2.26 bits per heavy atom. The summed E-state index contributed by atoms with van der Waals surface area (Å²) in [4.78, 5) is 18.9. The molecule has 0 bridgehead atoms. The fourth-order valence-corrected chi connectivity index (χ4v) is 4.63. The molecule has 142 valence electrons. The van der Waals surface area contributed by atoms with Crippen molar-refractivity contribution in [2.45, 2.75) is 51.4 Å². The molecular weight excluding hydrogens is 360 g/mol. The molecule has 2 heterocycles. The van der Waals surface area contributed by atoms with Crippen LogP contribution in [0.1, 0.15) is 41.9 Å². The highest BCUT2D eigenvalue weighted by Crippen LogP contribution is 2.32. The average molecular weight is 385 g/mol. The summed E-state index contributed by atoms with van der Waals surface area (Å²) in [7, 11) is 0. The number of aryl methyl sites for hydroxylation is 2. The minimum atomic E-state index is -0.750. The number of aliphatic hydroxyl groups excluding tert-OH is 1. The van der Waals surface area contributed by atoms with Gasteiger partial charge in [-0.2, -0.15) is 0 Å². The Hall–Kier alpha value is -2.02. The largest absolute Gasteiger partial charge is 0.389 e. The lowest BCUT2D eigenvalue weighted by Gasteiger charge is -2.26. The van der Waals surface area contributed by atoms with Crippen molar-refractivity contribution in [2.75, 3.05) is 6.61 Å². The Kier molecular flexibility index (Phi) is 5.38. The second-order valence-corrected chi connectivity index (χ2v) is 8.17. The molecule has 0 amide bonds. The maximum absolute atomic E-state index is 12.6. The summed E-state index contributed by atoms with van der Waals surface area (Å²) in [6, 6.07) is 10.2. The van der Waals surface area contributed by atoms with Crippen molar-refractivity contribution >= 4 is 21.6 Å². The molecule has 0 saturated carbocycles. The number of thiophene rings is 1. The van der Waals surface area contributed by atoms with Crippen molar-refractivity contribution in [3.05, 3.63) is 63.0 Å². The predicted octanol–water partition coefficient (Wildman–Crippen LogP) is 3.48. The van der Waals surface area contributed by atoms with Crippen molar-refractivity contribution < 1.29 is 9.84 Å². The van der Waals surface area contributed by atoms with E-state index in [-0.39, 0.29) is 24.8 Å². The summed E-state index contributed by atoms with van der Waals surface area (Å²) in [5, 5.41) is 11.1. The zero-order chi connectivity index (χ0) is 18.8. The summed E-state index contributed by atoms with van der Waals surface area (Å²) in [5.41, 5.74) is 2.46. The van der Waals surface area contributed by atoms with Crippen LogP contribution in [0, 0.1) is 0 Å². The number of hydrogen-bond acceptors (Lipinski definition) is 5. The number of rotatable bonds is 6. The van der Waals surface area contributed by atoms with Gasteiger partial charge in [-0.1, -0.05) is 31.2 Å². The van der Waals surface area contributed by atoms with Gasteiger partial charge in [0.2, 0.25) is 0 Å². The number of nitrogens with zero attached hydrogens (tertiary/aromatic N) is 2. The van der Waals surface area contributed by atoms with E-state index in [2.05, 4.69) is 30.1 Å². The molecule has 0 unspecified atom stereocenters. The summed E-state index contributed by atoms with van der Waals surface area (Å²) < 4.78 is 7.49. The lowest BCUT2D eigenvalue weighted by Crippen LogP contribution is -2.30. The van der Waals surface area contributed by atoms with E-state index in [0.717, 1.165) is 35.4 Å². The summed E-state index contributed by atoms with van der Waals surface area (Å²) in [6.07, 6.45) is 4.83. The van der Waals surface area contributed by atoms with E-state index in [9.17, 15) is 9.90 Å². The van der Waals surface area contributed by atoms with Crippen LogP contribution in [0.3, 0.4) is 0 Å². The highest BCUT2D eigenvalue weighted by Gasteiger charge is 2.21. The topological polar surface area (TPSA) is 64.4 Å². The number of benzene rings is 1. The van der Waals surface area contributed by atoms with Gasteiger partial charge in [0.05, 0.1) is 37.1 Å². The molecular formula is C21H24N2O3S. The van der Waals surface area contributed by atoms with Crippen molar-refractivity contribution in [1.82, 2.24) is 9.55 Å². The number of aromatic nitrogens is 2. The standard InChI is InChI=1S/C21H24N2O3S/c1-2-16-10-18-20(27-16)22-13-23(21(18)25)11-15(24)12-26-19-9-5-7-14-6-3-4-8-17(14)19/h3-4,6,8,10,13,15,19,24H,2,5,7,9,11-12H2,1H3/t15-,19-/m1/s1. The van der Waals surface area contributed by atoms with E-state index in [1.165, 1.54) is 22.0 Å². The van der Waals surface area contributed by atoms with Crippen LogP contribution in [-0.2, 0) is 24.1 Å². The Bertz CT molecular complexity index is 995. The first-order valence-corrected chi connectivity index (χ1v) is 10.3. The fourth-order valence-electron chi connectivity index (χ4n) is 3.70. The first-order valence-electron chi connectivity index (χ1n) is 9.51. The summed E-state index contributed by atoms with van der Waals surface area (Å²) >= 11 is 1.55. The fraction of sp³-hybridized carbons (Fsp3) is 0.429. The third-order valence-electron chi connectivity index (χ3n) is 5.13. The lowest BCUT2D eigenvalue weighted by molar-refractivity contribution is -0.0228. The molecule has 1 aliphatic rings. The number of fused-ring (bicyclic) bond motifs is 2. The second kappa shape index (κ2) is 7.92. The van der Waals surface area contributed by atoms with E-state index in [1.54, 1.807) is 11.3 Å². The molecule has 2 atom stereocenters. The SMILES string of the molecule is CCc1cc2c(=O)n(C[C@@H](O)CO[C@@H]3CCCc4ccccc43)cnc2s1. The molecule has 2 aromatic heterocycles. The summed E-state index contributed by atoms with van der Waals surface area (Å²) in [6.45, 7) is 2.45. The monoisotopic (exact) mass is 384 g/mol. The third kappa shape index (κ3) is 3.83. The molecule has 0 saturated heterocycles. The lowest BCUT2D eigenvalue weighted by atomic mass is 9.89. The van der Waals surface area contributed by atoms with Crippen LogP contribution in [0.2, 0.25) is 0 Å². The molecule has 0 spiro atoms. The number of hydrogen-bond donors (Lipinski definition) is 1. The molecule has 0 aliphatic heterocycles. The van der Waals surface area contributed by atoms with Gasteiger partial charge in [-0.25, -0.2) is 4.98 Å². The van der Waals surface area contributed by atoms with Gasteiger partial charge in [-0.15, -0.1) is 11.3 Å². The van der Waals surface area contributed by atoms with Gasteiger partial charge in [-0.3, -0.25) is 9.36 Å². The van der Waals surface area contributed by atoms with Gasteiger partial charge in [0, 0.05) is 4.88 Å². The Morgan fingerprint density at radius 3 is 3.11 bits per heavy atom. The highest BCUT2D eigenvalue weighted by atomic mass is 32.1. The van der Waals surface area contributed by atoms with Crippen LogP contribution in [0.25, 0.3) is 10.2 Å². The van der Waals surface area contributed by atoms with Gasteiger partial charge < -0.3 is 9.84 Å². The van der Waals surface area contributed by atoms with Crippen LogP contribution < -0.4 is 5.56 Å². The van der Waals surface area contributed by atoms with Gasteiger partial charge in [0.1, 0.15) is 4.83 Å². The van der Waals surface area contributed by atoms with Crippen LogP contribution in [0.4, 0.5) is 0 Å². The normalized spacial score (nSPS) is 17.8. The second-order valence-electron chi connectivity index (χ2n) is 7.05. The quantitative estimate of drug-likeness (QED) is 0.707. The molecule has 1 aliphatic carbocycles. The predicted molar refractivity (Wildman–Crippen MR) is 107 cm³/mol. The molecule has 3 aromatic rings. The van der Waals surface area contributed by atoms with Crippen LogP contribution in [0.15, 0.2) is 41.5 Å². The van der Waals surface area contributed by atoms with E-state index < -0.39 is 6.10 Å². The third-order valence-corrected chi connectivity index (χ3v) is 6.32. The van der Waals surface area contributed by atoms with Crippen molar-refractivity contribution in [3.8, 4) is 0 Å². The van der Waals surface area contributed by atoms with E-state index in [1.807, 2.05) is 12.1 Å². The highest BCUT2D eigenvalue weighted by molar-refractivity contribution is 7.18. The maximum Gasteiger partial charge on any atom is 0.262 e. The molecule has 1 N–H and O–H groups in total. The van der Waals surface area contributed by atoms with Crippen LogP contribution in [-0.4, -0.2) is 27.4 Å². The number of aliphatic hydroxyl groups is 1. The Labute approximate surface area is 162 Å². The summed E-state index contributed by atoms with van der Waals surface area (Å²) in [5.74, 6) is 0. The van der Waals surface area contributed by atoms with Crippen molar-refractivity contribution in [2.24, 2.45) is 0 Å². The zero-order valence-corrected chi connectivity index (χ0v) is 16.2. The Morgan fingerprint density at radius 1 is 1.41 bits per heavy atom. The Balaban J connectivity index is 1.43. The molecule has 4 rings (SSSR count). The smallest absolute Gasteiger partial charge is 0.262 e. The molecule has 6 heteroatoms. The maximum atomic E-state index is 12.6. The number of ether oxygens (including phenoxy) is 1. The zero-order valence-electron chi connectivity index (χ0n) is 15.4. The van der Waals surface area contributed by atoms with Gasteiger partial charge in [0.25, 0.3) is 5.56 Å². The van der Waals surface area contributed by atoms with Crippen LogP contribution in [0.5, 0.6) is 0 Å². The molecule has 0 fully saturated rings. The van der Waals surface area contributed by atoms with E-state index in [0.29, 0.717) is 5.39 Å². The first-order chi connectivity index (χ1) is 13.2. The van der Waals surface area contributed by atoms with Gasteiger partial charge in [0.15, 0.2) is 0 Å². The minimum absolute atomic E-state index is 0.0194. The average Bonchev–Trinajstić information content (AvgIpc) is 3.13. The van der Waals surface area contributed by atoms with Gasteiger partial charge >= 0.3 is 0 Å². The minimum Gasteiger partial charge on any atom is -0.389 e. The van der Waals surface area contributed by atoms with Gasteiger partial charge in [-0.05, 0) is 42.9 Å². The van der Waals surface area contributed by atoms with E-state index in [4.69, 9.17) is 4.74 Å². The molecule has 5 nitrogen and oxygen atoms in total. The van der Waals surface area contributed by atoms with Crippen LogP contribution >= 0.6 is 11.3 Å². The first kappa shape index (κ1) is 18.3. The molecule has 0 radical (unpaired) electrons.